The van der Waals surface area contributed by atoms with Crippen LogP contribution >= 0.6 is 11.5 Å². The number of hydrogen-bond donors (Lipinski definition) is 1. The van der Waals surface area contributed by atoms with Crippen molar-refractivity contribution in [2.75, 3.05) is 44.2 Å². The Bertz CT molecular complexity index is 1480. The van der Waals surface area contributed by atoms with E-state index >= 15 is 0 Å². The van der Waals surface area contributed by atoms with E-state index in [4.69, 9.17) is 4.37 Å². The normalized spacial score (nSPS) is 20.8. The van der Waals surface area contributed by atoms with Gasteiger partial charge < -0.3 is 4.90 Å². The van der Waals surface area contributed by atoms with Crippen LogP contribution in [0.4, 0.5) is 5.82 Å². The maximum Gasteiger partial charge on any atom is 0.240 e. The van der Waals surface area contributed by atoms with Gasteiger partial charge >= 0.3 is 0 Å². The summed E-state index contributed by atoms with van der Waals surface area (Å²) >= 11 is 1.58. The molecule has 0 spiro atoms. The third kappa shape index (κ3) is 5.50. The highest BCUT2D eigenvalue weighted by molar-refractivity contribution is 7.89. The molecule has 1 saturated heterocycles. The minimum Gasteiger partial charge on any atom is -0.353 e. The zero-order chi connectivity index (χ0) is 26.0. The van der Waals surface area contributed by atoms with Crippen LogP contribution < -0.4 is 9.62 Å². The summed E-state index contributed by atoms with van der Waals surface area (Å²) in [6.45, 7) is 5.56. The Morgan fingerprint density at radius 3 is 2.42 bits per heavy atom. The summed E-state index contributed by atoms with van der Waals surface area (Å²) in [6.07, 6.45) is 3.43. The van der Waals surface area contributed by atoms with Gasteiger partial charge in [0.2, 0.25) is 10.0 Å². The molecule has 3 aromatic carbocycles. The van der Waals surface area contributed by atoms with Crippen molar-refractivity contribution >= 4 is 37.5 Å². The molecule has 1 aliphatic carbocycles. The summed E-state index contributed by atoms with van der Waals surface area (Å²) in [5.74, 6) is 2.03. The fourth-order valence-electron chi connectivity index (χ4n) is 5.97. The van der Waals surface area contributed by atoms with Crippen molar-refractivity contribution in [3.63, 3.8) is 0 Å². The van der Waals surface area contributed by atoms with Crippen LogP contribution in [0.25, 0.3) is 21.2 Å². The smallest absolute Gasteiger partial charge is 0.240 e. The van der Waals surface area contributed by atoms with E-state index in [1.54, 1.807) is 23.7 Å². The van der Waals surface area contributed by atoms with Gasteiger partial charge in [-0.05, 0) is 71.6 Å². The molecule has 2 fully saturated rings. The Balaban J connectivity index is 1.04. The average molecular weight is 547 g/mol. The first kappa shape index (κ1) is 25.5. The van der Waals surface area contributed by atoms with Gasteiger partial charge in [0.25, 0.3) is 0 Å². The topological polar surface area (TPSA) is 65.5 Å². The molecule has 6 nitrogen and oxygen atoms in total. The number of hydrogen-bond acceptors (Lipinski definition) is 6. The Hall–Kier alpha value is -2.78. The number of sulfonamides is 1. The van der Waals surface area contributed by atoms with Crippen LogP contribution in [0.3, 0.4) is 0 Å². The second kappa shape index (κ2) is 11.1. The second-order valence-corrected chi connectivity index (χ2v) is 13.1. The average Bonchev–Trinajstić information content (AvgIpc) is 3.60. The van der Waals surface area contributed by atoms with Gasteiger partial charge in [-0.15, -0.1) is 0 Å². The van der Waals surface area contributed by atoms with E-state index in [0.29, 0.717) is 23.3 Å². The molecule has 2 aliphatic rings. The van der Waals surface area contributed by atoms with Gasteiger partial charge in [0.1, 0.15) is 5.82 Å². The Morgan fingerprint density at radius 1 is 0.842 bits per heavy atom. The Morgan fingerprint density at radius 2 is 1.58 bits per heavy atom. The van der Waals surface area contributed by atoms with Crippen LogP contribution in [0.5, 0.6) is 0 Å². The molecular weight excluding hydrogens is 512 g/mol. The zero-order valence-electron chi connectivity index (χ0n) is 21.5. The fourth-order valence-corrected chi connectivity index (χ4v) is 7.91. The monoisotopic (exact) mass is 546 g/mol. The third-order valence-corrected chi connectivity index (χ3v) is 10.4. The van der Waals surface area contributed by atoms with Gasteiger partial charge in [0, 0.05) is 44.7 Å². The van der Waals surface area contributed by atoms with E-state index in [9.17, 15) is 8.42 Å². The third-order valence-electron chi connectivity index (χ3n) is 8.13. The minimum absolute atomic E-state index is 0.332. The summed E-state index contributed by atoms with van der Waals surface area (Å²) in [5.41, 5.74) is 1.93. The highest BCUT2D eigenvalue weighted by atomic mass is 32.2. The molecule has 1 saturated carbocycles. The van der Waals surface area contributed by atoms with Crippen LogP contribution in [-0.2, 0) is 10.0 Å². The number of fused-ring (bicyclic) bond motifs is 1. The molecule has 1 aromatic heterocycles. The summed E-state index contributed by atoms with van der Waals surface area (Å²) in [4.78, 5) is 5.31. The molecule has 198 valence electrons. The van der Waals surface area contributed by atoms with Crippen molar-refractivity contribution in [2.45, 2.75) is 24.2 Å². The molecule has 2 atom stereocenters. The van der Waals surface area contributed by atoms with E-state index in [1.165, 1.54) is 22.9 Å². The summed E-state index contributed by atoms with van der Waals surface area (Å²) < 4.78 is 35.3. The Kier molecular flexibility index (Phi) is 7.48. The van der Waals surface area contributed by atoms with E-state index in [0.717, 1.165) is 56.1 Å². The molecule has 1 aliphatic heterocycles. The molecular formula is C30H34N4O2S2. The number of piperazine rings is 1. The van der Waals surface area contributed by atoms with Gasteiger partial charge in [-0.2, -0.15) is 4.37 Å². The van der Waals surface area contributed by atoms with Gasteiger partial charge in [-0.3, -0.25) is 4.90 Å². The molecule has 0 amide bonds. The van der Waals surface area contributed by atoms with E-state index < -0.39 is 10.0 Å². The van der Waals surface area contributed by atoms with Crippen molar-refractivity contribution < 1.29 is 8.42 Å². The molecule has 8 heteroatoms. The largest absolute Gasteiger partial charge is 0.353 e. The SMILES string of the molecule is O=S(=O)(NC[C@H]1CCC[C@@H]1CN1CCN(c2nsc3ccccc23)CC1)c1cccc(-c2ccccc2)c1. The number of benzene rings is 3. The molecule has 0 unspecified atom stereocenters. The Labute approximate surface area is 229 Å². The van der Waals surface area contributed by atoms with E-state index in [2.05, 4.69) is 38.8 Å². The summed E-state index contributed by atoms with van der Waals surface area (Å²) in [6, 6.07) is 25.6. The zero-order valence-corrected chi connectivity index (χ0v) is 23.1. The van der Waals surface area contributed by atoms with Crippen LogP contribution in [0.2, 0.25) is 0 Å². The number of nitrogens with one attached hydrogen (secondary N) is 1. The van der Waals surface area contributed by atoms with Crippen LogP contribution in [0.15, 0.2) is 83.8 Å². The second-order valence-electron chi connectivity index (χ2n) is 10.5. The predicted octanol–water partition coefficient (Wildman–Crippen LogP) is 5.48. The molecule has 38 heavy (non-hydrogen) atoms. The van der Waals surface area contributed by atoms with Crippen molar-refractivity contribution in [2.24, 2.45) is 11.8 Å². The fraction of sp³-hybridized carbons (Fsp3) is 0.367. The lowest BCUT2D eigenvalue weighted by atomic mass is 9.95. The van der Waals surface area contributed by atoms with Gasteiger partial charge in [0.15, 0.2) is 0 Å². The van der Waals surface area contributed by atoms with Gasteiger partial charge in [-0.25, -0.2) is 13.1 Å². The van der Waals surface area contributed by atoms with Crippen molar-refractivity contribution in [1.82, 2.24) is 14.0 Å². The highest BCUT2D eigenvalue weighted by Gasteiger charge is 2.31. The molecule has 6 rings (SSSR count). The number of nitrogens with zero attached hydrogens (tertiary/aromatic N) is 3. The molecule has 1 N–H and O–H groups in total. The maximum absolute atomic E-state index is 13.2. The van der Waals surface area contributed by atoms with Crippen molar-refractivity contribution in [3.8, 4) is 11.1 Å². The standard InChI is InChI=1S/C30H34N4O2S2/c35-38(36,27-13-7-10-24(20-27)23-8-2-1-3-9-23)31-21-25-11-6-12-26(25)22-33-16-18-34(19-17-33)30-28-14-4-5-15-29(28)37-32-30/h1-5,7-10,13-15,20,25-26,31H,6,11-12,16-19,21-22H2/t25-,26-/m1/s1. The summed E-state index contributed by atoms with van der Waals surface area (Å²) in [7, 11) is -3.56. The first-order chi connectivity index (χ1) is 18.6. The predicted molar refractivity (Wildman–Crippen MR) is 156 cm³/mol. The van der Waals surface area contributed by atoms with Gasteiger partial charge in [0.05, 0.1) is 9.60 Å². The van der Waals surface area contributed by atoms with E-state index in [-0.39, 0.29) is 0 Å². The molecule has 0 bridgehead atoms. The first-order valence-corrected chi connectivity index (χ1v) is 15.8. The van der Waals surface area contributed by atoms with Crippen LogP contribution in [-0.4, -0.2) is 57.0 Å². The lowest BCUT2D eigenvalue weighted by Crippen LogP contribution is -2.48. The van der Waals surface area contributed by atoms with Crippen molar-refractivity contribution in [3.05, 3.63) is 78.9 Å². The number of anilines is 1. The highest BCUT2D eigenvalue weighted by Crippen LogP contribution is 2.34. The van der Waals surface area contributed by atoms with Crippen molar-refractivity contribution in [1.29, 1.82) is 0 Å². The maximum atomic E-state index is 13.2. The van der Waals surface area contributed by atoms with Crippen LogP contribution in [0.1, 0.15) is 19.3 Å². The quantitative estimate of drug-likeness (QED) is 0.317. The molecule has 2 heterocycles. The molecule has 4 aromatic rings. The first-order valence-electron chi connectivity index (χ1n) is 13.5. The summed E-state index contributed by atoms with van der Waals surface area (Å²) in [5, 5.41) is 1.25. The lowest BCUT2D eigenvalue weighted by molar-refractivity contribution is 0.196. The number of aromatic nitrogens is 1. The van der Waals surface area contributed by atoms with Gasteiger partial charge in [-0.1, -0.05) is 61.0 Å². The number of rotatable bonds is 8. The minimum atomic E-state index is -3.56. The lowest BCUT2D eigenvalue weighted by Gasteiger charge is -2.37. The van der Waals surface area contributed by atoms with Crippen LogP contribution in [0, 0.1) is 11.8 Å². The van der Waals surface area contributed by atoms with E-state index in [1.807, 2.05) is 42.5 Å². The molecule has 0 radical (unpaired) electrons.